The van der Waals surface area contributed by atoms with Crippen LogP contribution in [0.2, 0.25) is 0 Å². The largest absolute Gasteiger partial charge is 0.361 e. The molecule has 3 aromatic rings. The number of imidazole rings is 1. The number of carbonyl (C=O) groups is 1. The van der Waals surface area contributed by atoms with E-state index in [1.807, 2.05) is 0 Å². The van der Waals surface area contributed by atoms with Crippen LogP contribution >= 0.6 is 0 Å². The van der Waals surface area contributed by atoms with Crippen molar-refractivity contribution in [3.63, 3.8) is 0 Å². The van der Waals surface area contributed by atoms with Gasteiger partial charge < -0.3 is 15.2 Å². The van der Waals surface area contributed by atoms with Crippen LogP contribution in [-0.2, 0) is 0 Å². The van der Waals surface area contributed by atoms with Crippen LogP contribution in [0.15, 0.2) is 41.1 Å². The molecule has 3 N–H and O–H groups in total. The summed E-state index contributed by atoms with van der Waals surface area (Å²) in [5, 5.41) is 3.73. The van der Waals surface area contributed by atoms with E-state index in [-0.39, 0.29) is 17.6 Å². The molecule has 0 aliphatic carbocycles. The second kappa shape index (κ2) is 8.73. The SMILES string of the molecule is Cc1cc(C(=O)CCCCC[C@H](N)c2ncc(-c3ccccc3F)[nH]2)no1. The van der Waals surface area contributed by atoms with E-state index in [0.29, 0.717) is 35.0 Å². The number of aromatic nitrogens is 3. The molecule has 0 amide bonds. The van der Waals surface area contributed by atoms with Gasteiger partial charge >= 0.3 is 0 Å². The molecule has 0 spiro atoms. The van der Waals surface area contributed by atoms with E-state index in [9.17, 15) is 9.18 Å². The van der Waals surface area contributed by atoms with Crippen molar-refractivity contribution in [3.05, 3.63) is 59.6 Å². The predicted molar refractivity (Wildman–Crippen MR) is 99.6 cm³/mol. The zero-order chi connectivity index (χ0) is 19.2. The number of hydrogen-bond donors (Lipinski definition) is 2. The average molecular weight is 370 g/mol. The lowest BCUT2D eigenvalue weighted by molar-refractivity contribution is 0.0970. The minimum atomic E-state index is -0.298. The van der Waals surface area contributed by atoms with Crippen molar-refractivity contribution in [1.29, 1.82) is 0 Å². The van der Waals surface area contributed by atoms with Crippen LogP contribution in [0.5, 0.6) is 0 Å². The lowest BCUT2D eigenvalue weighted by Gasteiger charge is -2.08. The third kappa shape index (κ3) is 4.89. The summed E-state index contributed by atoms with van der Waals surface area (Å²) in [4.78, 5) is 19.3. The van der Waals surface area contributed by atoms with Gasteiger partial charge in [0.05, 0.1) is 17.9 Å². The third-order valence-corrected chi connectivity index (χ3v) is 4.44. The Morgan fingerprint density at radius 1 is 1.30 bits per heavy atom. The highest BCUT2D eigenvalue weighted by Crippen LogP contribution is 2.23. The maximum absolute atomic E-state index is 13.8. The van der Waals surface area contributed by atoms with Gasteiger partial charge in [0.15, 0.2) is 5.78 Å². The van der Waals surface area contributed by atoms with Gasteiger partial charge in [-0.3, -0.25) is 4.79 Å². The average Bonchev–Trinajstić information content (AvgIpc) is 3.31. The second-order valence-corrected chi connectivity index (χ2v) is 6.61. The first-order chi connectivity index (χ1) is 13.0. The molecule has 2 aromatic heterocycles. The van der Waals surface area contributed by atoms with E-state index in [0.717, 1.165) is 25.7 Å². The van der Waals surface area contributed by atoms with Gasteiger partial charge in [0, 0.05) is 18.1 Å². The van der Waals surface area contributed by atoms with Crippen LogP contribution in [0.25, 0.3) is 11.3 Å². The maximum atomic E-state index is 13.8. The Morgan fingerprint density at radius 2 is 2.11 bits per heavy atom. The van der Waals surface area contributed by atoms with Gasteiger partial charge in [0.25, 0.3) is 0 Å². The number of aryl methyl sites for hydroxylation is 1. The Labute approximate surface area is 157 Å². The van der Waals surface area contributed by atoms with E-state index < -0.39 is 0 Å². The first kappa shape index (κ1) is 19.0. The minimum absolute atomic E-state index is 0.00304. The summed E-state index contributed by atoms with van der Waals surface area (Å²) in [7, 11) is 0. The van der Waals surface area contributed by atoms with Crippen molar-refractivity contribution in [1.82, 2.24) is 15.1 Å². The van der Waals surface area contributed by atoms with Crippen LogP contribution in [0.3, 0.4) is 0 Å². The molecule has 0 fully saturated rings. The molecule has 27 heavy (non-hydrogen) atoms. The maximum Gasteiger partial charge on any atom is 0.184 e. The highest BCUT2D eigenvalue weighted by atomic mass is 19.1. The molecule has 0 saturated carbocycles. The normalized spacial score (nSPS) is 12.3. The number of unbranched alkanes of at least 4 members (excludes halogenated alkanes) is 2. The van der Waals surface area contributed by atoms with Crippen LogP contribution in [-0.4, -0.2) is 20.9 Å². The molecule has 7 heteroatoms. The molecule has 2 heterocycles. The van der Waals surface area contributed by atoms with Crippen LogP contribution in [0, 0.1) is 12.7 Å². The highest BCUT2D eigenvalue weighted by molar-refractivity contribution is 5.94. The Morgan fingerprint density at radius 3 is 2.85 bits per heavy atom. The number of Topliss-reactive ketones (excluding diaryl/α,β-unsaturated/α-hetero) is 1. The molecule has 3 rings (SSSR count). The summed E-state index contributed by atoms with van der Waals surface area (Å²) in [5.74, 6) is 0.977. The van der Waals surface area contributed by atoms with E-state index in [1.54, 1.807) is 37.4 Å². The molecule has 1 aromatic carbocycles. The van der Waals surface area contributed by atoms with Crippen LogP contribution < -0.4 is 5.73 Å². The van der Waals surface area contributed by atoms with E-state index in [2.05, 4.69) is 15.1 Å². The van der Waals surface area contributed by atoms with E-state index >= 15 is 0 Å². The van der Waals surface area contributed by atoms with Crippen molar-refractivity contribution in [2.45, 2.75) is 45.1 Å². The number of carbonyl (C=O) groups excluding carboxylic acids is 1. The van der Waals surface area contributed by atoms with Gasteiger partial charge in [-0.1, -0.05) is 30.1 Å². The van der Waals surface area contributed by atoms with Gasteiger partial charge in [0.2, 0.25) is 0 Å². The quantitative estimate of drug-likeness (QED) is 0.431. The fourth-order valence-corrected chi connectivity index (χ4v) is 2.93. The number of benzene rings is 1. The highest BCUT2D eigenvalue weighted by Gasteiger charge is 2.14. The zero-order valence-electron chi connectivity index (χ0n) is 15.2. The van der Waals surface area contributed by atoms with Gasteiger partial charge in [-0.2, -0.15) is 0 Å². The molecule has 0 aliphatic heterocycles. The van der Waals surface area contributed by atoms with E-state index in [4.69, 9.17) is 10.3 Å². The van der Waals surface area contributed by atoms with Crippen molar-refractivity contribution in [3.8, 4) is 11.3 Å². The Bertz CT molecular complexity index is 903. The molecule has 0 saturated heterocycles. The molecule has 1 atom stereocenters. The van der Waals surface area contributed by atoms with E-state index in [1.165, 1.54) is 6.07 Å². The number of nitrogens with two attached hydrogens (primary N) is 1. The lowest BCUT2D eigenvalue weighted by Crippen LogP contribution is -2.12. The number of ketones is 1. The first-order valence-corrected chi connectivity index (χ1v) is 9.06. The van der Waals surface area contributed by atoms with Gasteiger partial charge in [0.1, 0.15) is 23.1 Å². The fourth-order valence-electron chi connectivity index (χ4n) is 2.93. The summed E-state index contributed by atoms with van der Waals surface area (Å²) in [6, 6.07) is 7.95. The first-order valence-electron chi connectivity index (χ1n) is 9.06. The van der Waals surface area contributed by atoms with Crippen molar-refractivity contribution in [2.24, 2.45) is 5.73 Å². The van der Waals surface area contributed by atoms with Crippen LogP contribution in [0.4, 0.5) is 4.39 Å². The number of H-pyrrole nitrogens is 1. The molecule has 0 radical (unpaired) electrons. The molecule has 0 unspecified atom stereocenters. The molecule has 0 aliphatic rings. The second-order valence-electron chi connectivity index (χ2n) is 6.61. The number of rotatable bonds is 9. The van der Waals surface area contributed by atoms with Crippen molar-refractivity contribution in [2.75, 3.05) is 0 Å². The molecular formula is C20H23FN4O2. The predicted octanol–water partition coefficient (Wildman–Crippen LogP) is 4.35. The minimum Gasteiger partial charge on any atom is -0.361 e. The number of nitrogens with zero attached hydrogens (tertiary/aromatic N) is 2. The monoisotopic (exact) mass is 370 g/mol. The number of halogens is 1. The van der Waals surface area contributed by atoms with Crippen molar-refractivity contribution >= 4 is 5.78 Å². The van der Waals surface area contributed by atoms with Gasteiger partial charge in [-0.15, -0.1) is 0 Å². The Balaban J connectivity index is 1.43. The fraction of sp³-hybridized carbons (Fsp3) is 0.350. The smallest absolute Gasteiger partial charge is 0.184 e. The standard InChI is InChI=1S/C20H23FN4O2/c1-13-11-17(25-27-13)19(26)10-4-2-3-9-16(22)20-23-12-18(24-20)14-7-5-6-8-15(14)21/h5-8,11-12,16H,2-4,9-10,22H2,1H3,(H,23,24)/t16-/m0/s1. The van der Waals surface area contributed by atoms with Gasteiger partial charge in [-0.25, -0.2) is 9.37 Å². The number of aromatic amines is 1. The third-order valence-electron chi connectivity index (χ3n) is 4.44. The van der Waals surface area contributed by atoms with Crippen LogP contribution in [0.1, 0.15) is 60.2 Å². The molecule has 6 nitrogen and oxygen atoms in total. The zero-order valence-corrected chi connectivity index (χ0v) is 15.2. The van der Waals surface area contributed by atoms with Crippen molar-refractivity contribution < 1.29 is 13.7 Å². The topological polar surface area (TPSA) is 97.8 Å². The summed E-state index contributed by atoms with van der Waals surface area (Å²) in [6.45, 7) is 1.76. The molecule has 142 valence electrons. The summed E-state index contributed by atoms with van der Waals surface area (Å²) in [5.41, 5.74) is 7.67. The van der Waals surface area contributed by atoms with Gasteiger partial charge in [-0.05, 0) is 31.9 Å². The number of hydrogen-bond acceptors (Lipinski definition) is 5. The lowest BCUT2D eigenvalue weighted by atomic mass is 10.0. The molecule has 0 bridgehead atoms. The number of nitrogens with one attached hydrogen (secondary N) is 1. The summed E-state index contributed by atoms with van der Waals surface area (Å²) >= 11 is 0. The summed E-state index contributed by atoms with van der Waals surface area (Å²) in [6.07, 6.45) is 5.32. The molecular weight excluding hydrogens is 347 g/mol. The Hall–Kier alpha value is -2.80. The summed E-state index contributed by atoms with van der Waals surface area (Å²) < 4.78 is 18.8. The Kier molecular flexibility index (Phi) is 6.13.